The van der Waals surface area contributed by atoms with Crippen LogP contribution in [0.2, 0.25) is 0 Å². The van der Waals surface area contributed by atoms with Crippen LogP contribution in [-0.2, 0) is 4.79 Å². The van der Waals surface area contributed by atoms with Gasteiger partial charge in [-0.25, -0.2) is 0 Å². The lowest BCUT2D eigenvalue weighted by Crippen LogP contribution is -2.48. The topological polar surface area (TPSA) is 32.3 Å². The third kappa shape index (κ3) is 1.75. The van der Waals surface area contributed by atoms with Crippen LogP contribution in [0.15, 0.2) is 0 Å². The predicted octanol–water partition coefficient (Wildman–Crippen LogP) is 1.39. The number of fused-ring (bicyclic) bond motifs is 1. The van der Waals surface area contributed by atoms with Crippen molar-refractivity contribution < 1.29 is 4.79 Å². The highest BCUT2D eigenvalue weighted by molar-refractivity contribution is 5.82. The number of carbonyl (C=O) groups excluding carboxylic acids is 1. The van der Waals surface area contributed by atoms with Gasteiger partial charge in [-0.15, -0.1) is 0 Å². The van der Waals surface area contributed by atoms with Gasteiger partial charge in [-0.1, -0.05) is 12.8 Å². The van der Waals surface area contributed by atoms with Gasteiger partial charge in [0.1, 0.15) is 0 Å². The van der Waals surface area contributed by atoms with Gasteiger partial charge in [0.05, 0.1) is 6.04 Å². The Balaban J connectivity index is 1.76. The van der Waals surface area contributed by atoms with Crippen molar-refractivity contribution in [3.8, 4) is 0 Å². The molecule has 0 radical (unpaired) electrons. The molecule has 0 aromatic heterocycles. The lowest BCUT2D eigenvalue weighted by Gasteiger charge is -2.31. The summed E-state index contributed by atoms with van der Waals surface area (Å²) in [5.41, 5.74) is 0. The molecule has 3 nitrogen and oxygen atoms in total. The molecule has 1 saturated heterocycles. The molecule has 1 heterocycles. The molecule has 0 aromatic carbocycles. The highest BCUT2D eigenvalue weighted by Crippen LogP contribution is 2.45. The number of amides is 1. The van der Waals surface area contributed by atoms with Crippen LogP contribution in [-0.4, -0.2) is 36.5 Å². The highest BCUT2D eigenvalue weighted by Gasteiger charge is 2.46. The van der Waals surface area contributed by atoms with Crippen molar-refractivity contribution in [3.63, 3.8) is 0 Å². The Morgan fingerprint density at radius 3 is 2.62 bits per heavy atom. The maximum Gasteiger partial charge on any atom is 0.239 e. The summed E-state index contributed by atoms with van der Waals surface area (Å²) in [4.78, 5) is 14.6. The number of likely N-dealkylation sites (N-methyl/N-ethyl adjacent to an activating group) is 1. The lowest BCUT2D eigenvalue weighted by atomic mass is 10.1. The summed E-state index contributed by atoms with van der Waals surface area (Å²) in [6, 6.07) is 0.654. The second-order valence-electron chi connectivity index (χ2n) is 5.76. The summed E-state index contributed by atoms with van der Waals surface area (Å²) in [5, 5.41) is 3.21. The predicted molar refractivity (Wildman–Crippen MR) is 63.0 cm³/mol. The van der Waals surface area contributed by atoms with E-state index in [4.69, 9.17) is 0 Å². The number of hydrogen-bond acceptors (Lipinski definition) is 2. The van der Waals surface area contributed by atoms with Crippen LogP contribution in [0.5, 0.6) is 0 Å². The van der Waals surface area contributed by atoms with E-state index in [1.54, 1.807) is 0 Å². The highest BCUT2D eigenvalue weighted by atomic mass is 16.2. The molecule has 3 unspecified atom stereocenters. The quantitative estimate of drug-likeness (QED) is 0.765. The minimum absolute atomic E-state index is 0.0955. The van der Waals surface area contributed by atoms with Gasteiger partial charge in [-0.2, -0.15) is 0 Å². The van der Waals surface area contributed by atoms with E-state index in [2.05, 4.69) is 10.2 Å². The van der Waals surface area contributed by atoms with Gasteiger partial charge in [-0.3, -0.25) is 4.79 Å². The normalized spacial score (nSPS) is 39.7. The van der Waals surface area contributed by atoms with E-state index in [0.717, 1.165) is 24.8 Å². The van der Waals surface area contributed by atoms with Crippen LogP contribution in [0.4, 0.5) is 0 Å². The summed E-state index contributed by atoms with van der Waals surface area (Å²) >= 11 is 0. The van der Waals surface area contributed by atoms with Gasteiger partial charge >= 0.3 is 0 Å². The number of carbonyl (C=O) groups is 1. The maximum absolute atomic E-state index is 12.4. The molecule has 16 heavy (non-hydrogen) atoms. The average molecular weight is 222 g/mol. The SMILES string of the molecule is CNC1CC2CC2CN(C2CCCC2)C1=O. The Morgan fingerprint density at radius 2 is 1.94 bits per heavy atom. The summed E-state index contributed by atoms with van der Waals surface area (Å²) in [7, 11) is 1.93. The van der Waals surface area contributed by atoms with Crippen LogP contribution in [0.3, 0.4) is 0 Å². The summed E-state index contributed by atoms with van der Waals surface area (Å²) in [6.07, 6.45) is 7.52. The molecule has 3 aliphatic rings. The fraction of sp³-hybridized carbons (Fsp3) is 0.923. The molecular weight excluding hydrogens is 200 g/mol. The fourth-order valence-corrected chi connectivity index (χ4v) is 3.56. The van der Waals surface area contributed by atoms with E-state index >= 15 is 0 Å². The van der Waals surface area contributed by atoms with E-state index < -0.39 is 0 Å². The van der Waals surface area contributed by atoms with E-state index in [1.807, 2.05) is 7.05 Å². The Morgan fingerprint density at radius 1 is 1.19 bits per heavy atom. The molecule has 0 bridgehead atoms. The van der Waals surface area contributed by atoms with Gasteiger partial charge in [0.2, 0.25) is 5.91 Å². The number of hydrogen-bond donors (Lipinski definition) is 1. The summed E-state index contributed by atoms with van der Waals surface area (Å²) < 4.78 is 0. The zero-order valence-corrected chi connectivity index (χ0v) is 10.1. The summed E-state index contributed by atoms with van der Waals surface area (Å²) in [6.45, 7) is 1.05. The standard InChI is InChI=1S/C13H22N2O/c1-14-12-7-9-6-10(9)8-15(13(12)16)11-4-2-3-5-11/h9-12,14H,2-8H2,1H3. The Kier molecular flexibility index (Phi) is 2.66. The van der Waals surface area contributed by atoms with Crippen molar-refractivity contribution in [1.82, 2.24) is 10.2 Å². The second kappa shape index (κ2) is 4.02. The molecule has 90 valence electrons. The maximum atomic E-state index is 12.4. The average Bonchev–Trinajstić information content (AvgIpc) is 2.81. The third-order valence-corrected chi connectivity index (χ3v) is 4.73. The largest absolute Gasteiger partial charge is 0.338 e. The molecular formula is C13H22N2O. The fourth-order valence-electron chi connectivity index (χ4n) is 3.56. The first-order valence-electron chi connectivity index (χ1n) is 6.77. The van der Waals surface area contributed by atoms with Gasteiger partial charge in [-0.05, 0) is 44.6 Å². The zero-order chi connectivity index (χ0) is 11.1. The molecule has 2 aliphatic carbocycles. The Bertz CT molecular complexity index is 286. The van der Waals surface area contributed by atoms with Crippen molar-refractivity contribution in [2.45, 2.75) is 50.6 Å². The van der Waals surface area contributed by atoms with E-state index in [-0.39, 0.29) is 6.04 Å². The van der Waals surface area contributed by atoms with Crippen molar-refractivity contribution in [1.29, 1.82) is 0 Å². The minimum atomic E-state index is 0.0955. The van der Waals surface area contributed by atoms with Crippen LogP contribution in [0, 0.1) is 11.8 Å². The number of rotatable bonds is 2. The van der Waals surface area contributed by atoms with Crippen LogP contribution < -0.4 is 5.32 Å². The van der Waals surface area contributed by atoms with Crippen molar-refractivity contribution >= 4 is 5.91 Å². The monoisotopic (exact) mass is 222 g/mol. The first-order chi connectivity index (χ1) is 7.79. The van der Waals surface area contributed by atoms with Gasteiger partial charge in [0.25, 0.3) is 0 Å². The molecule has 3 atom stereocenters. The van der Waals surface area contributed by atoms with Gasteiger partial charge < -0.3 is 10.2 Å². The smallest absolute Gasteiger partial charge is 0.239 e. The van der Waals surface area contributed by atoms with Crippen molar-refractivity contribution in [2.24, 2.45) is 11.8 Å². The van der Waals surface area contributed by atoms with Crippen molar-refractivity contribution in [3.05, 3.63) is 0 Å². The molecule has 3 fully saturated rings. The molecule has 2 saturated carbocycles. The number of nitrogens with one attached hydrogen (secondary N) is 1. The molecule has 0 spiro atoms. The number of likely N-dealkylation sites (tertiary alicyclic amines) is 1. The van der Waals surface area contributed by atoms with Gasteiger partial charge in [0, 0.05) is 12.6 Å². The van der Waals surface area contributed by atoms with Gasteiger partial charge in [0.15, 0.2) is 0 Å². The molecule has 1 amide bonds. The van der Waals surface area contributed by atoms with E-state index in [0.29, 0.717) is 11.9 Å². The molecule has 3 rings (SSSR count). The van der Waals surface area contributed by atoms with E-state index in [1.165, 1.54) is 32.1 Å². The summed E-state index contributed by atoms with van der Waals surface area (Å²) in [5.74, 6) is 2.03. The molecule has 3 heteroatoms. The Hall–Kier alpha value is -0.570. The molecule has 1 aliphatic heterocycles. The Labute approximate surface area is 97.6 Å². The molecule has 1 N–H and O–H groups in total. The van der Waals surface area contributed by atoms with Crippen LogP contribution in [0.25, 0.3) is 0 Å². The molecule has 0 aromatic rings. The minimum Gasteiger partial charge on any atom is -0.338 e. The van der Waals surface area contributed by atoms with E-state index in [9.17, 15) is 4.79 Å². The number of nitrogens with zero attached hydrogens (tertiary/aromatic N) is 1. The zero-order valence-electron chi connectivity index (χ0n) is 10.1. The second-order valence-corrected chi connectivity index (χ2v) is 5.76. The first kappa shape index (κ1) is 10.6. The third-order valence-electron chi connectivity index (χ3n) is 4.73. The lowest BCUT2D eigenvalue weighted by molar-refractivity contribution is -0.135. The van der Waals surface area contributed by atoms with Crippen LogP contribution in [0.1, 0.15) is 38.5 Å². The first-order valence-corrected chi connectivity index (χ1v) is 6.77. The van der Waals surface area contributed by atoms with Crippen molar-refractivity contribution in [2.75, 3.05) is 13.6 Å². The van der Waals surface area contributed by atoms with Crippen LogP contribution >= 0.6 is 0 Å².